The molecular formula is C8H12ClN3O. The topological polar surface area (TPSA) is 47.0 Å². The molecule has 0 spiro atoms. The minimum absolute atomic E-state index is 0.0491. The van der Waals surface area contributed by atoms with Crippen LogP contribution in [-0.4, -0.2) is 35.6 Å². The number of aromatic nitrogens is 2. The number of hydrogen-bond acceptors (Lipinski definition) is 4. The minimum atomic E-state index is -0.0491. The third-order valence-electron chi connectivity index (χ3n) is 1.42. The van der Waals surface area contributed by atoms with Crippen LogP contribution in [0.4, 0.5) is 5.82 Å². The molecule has 0 saturated heterocycles. The molecule has 13 heavy (non-hydrogen) atoms. The van der Waals surface area contributed by atoms with Crippen LogP contribution in [0.15, 0.2) is 18.6 Å². The zero-order valence-corrected chi connectivity index (χ0v) is 8.16. The van der Waals surface area contributed by atoms with Crippen molar-refractivity contribution in [3.8, 4) is 0 Å². The predicted molar refractivity (Wildman–Crippen MR) is 52.0 cm³/mol. The first-order valence-corrected chi connectivity index (χ1v) is 4.39. The second-order valence-electron chi connectivity index (χ2n) is 2.52. The van der Waals surface area contributed by atoms with Crippen molar-refractivity contribution in [1.82, 2.24) is 9.97 Å². The van der Waals surface area contributed by atoms with E-state index in [4.69, 9.17) is 16.3 Å². The van der Waals surface area contributed by atoms with Gasteiger partial charge in [0.25, 0.3) is 0 Å². The van der Waals surface area contributed by atoms with E-state index >= 15 is 0 Å². The molecule has 5 heteroatoms. The predicted octanol–water partition coefficient (Wildman–Crippen LogP) is 1.14. The number of nitrogens with zero attached hydrogens (tertiary/aromatic N) is 2. The Bertz CT molecular complexity index is 232. The molecule has 1 atom stereocenters. The van der Waals surface area contributed by atoms with Gasteiger partial charge in [0.1, 0.15) is 5.82 Å². The summed E-state index contributed by atoms with van der Waals surface area (Å²) in [6.07, 6.45) is 4.90. The van der Waals surface area contributed by atoms with Crippen molar-refractivity contribution in [3.63, 3.8) is 0 Å². The van der Waals surface area contributed by atoms with Gasteiger partial charge in [-0.1, -0.05) is 0 Å². The van der Waals surface area contributed by atoms with Gasteiger partial charge in [-0.2, -0.15) is 0 Å². The third kappa shape index (κ3) is 4.05. The summed E-state index contributed by atoms with van der Waals surface area (Å²) in [5.41, 5.74) is 0. The van der Waals surface area contributed by atoms with E-state index in [0.717, 1.165) is 5.82 Å². The van der Waals surface area contributed by atoms with Gasteiger partial charge in [0.2, 0.25) is 0 Å². The highest BCUT2D eigenvalue weighted by molar-refractivity contribution is 6.21. The Morgan fingerprint density at radius 2 is 2.46 bits per heavy atom. The fraction of sp³-hybridized carbons (Fsp3) is 0.500. The van der Waals surface area contributed by atoms with Crippen LogP contribution in [0.2, 0.25) is 0 Å². The second kappa shape index (κ2) is 5.72. The van der Waals surface area contributed by atoms with E-state index in [1.165, 1.54) is 0 Å². The Hall–Kier alpha value is -0.870. The molecule has 0 aliphatic carbocycles. The van der Waals surface area contributed by atoms with Gasteiger partial charge in [0, 0.05) is 26.0 Å². The summed E-state index contributed by atoms with van der Waals surface area (Å²) in [7, 11) is 1.62. The normalized spacial score (nSPS) is 12.5. The van der Waals surface area contributed by atoms with Crippen LogP contribution in [0.3, 0.4) is 0 Å². The average Bonchev–Trinajstić information content (AvgIpc) is 2.17. The first kappa shape index (κ1) is 10.2. The molecule has 72 valence electrons. The van der Waals surface area contributed by atoms with E-state index in [1.54, 1.807) is 25.7 Å². The summed E-state index contributed by atoms with van der Waals surface area (Å²) in [6, 6.07) is 0. The molecule has 4 nitrogen and oxygen atoms in total. The molecule has 1 aromatic heterocycles. The number of ether oxygens (including phenoxy) is 1. The van der Waals surface area contributed by atoms with Gasteiger partial charge in [-0.05, 0) is 0 Å². The molecule has 1 aromatic rings. The van der Waals surface area contributed by atoms with Crippen molar-refractivity contribution in [2.45, 2.75) is 5.38 Å². The van der Waals surface area contributed by atoms with E-state index in [-0.39, 0.29) is 5.38 Å². The van der Waals surface area contributed by atoms with E-state index in [1.807, 2.05) is 0 Å². The summed E-state index contributed by atoms with van der Waals surface area (Å²) in [5, 5.41) is 2.99. The number of methoxy groups -OCH3 is 1. The largest absolute Gasteiger partial charge is 0.383 e. The number of nitrogens with one attached hydrogen (secondary N) is 1. The van der Waals surface area contributed by atoms with Gasteiger partial charge < -0.3 is 10.1 Å². The van der Waals surface area contributed by atoms with Gasteiger partial charge in [0.05, 0.1) is 18.2 Å². The van der Waals surface area contributed by atoms with E-state index in [0.29, 0.717) is 13.2 Å². The zero-order valence-electron chi connectivity index (χ0n) is 7.40. The highest BCUT2D eigenvalue weighted by Gasteiger charge is 2.02. The fourth-order valence-corrected chi connectivity index (χ4v) is 1.05. The van der Waals surface area contributed by atoms with Crippen LogP contribution >= 0.6 is 11.6 Å². The molecule has 0 saturated carbocycles. The Labute approximate surface area is 82.3 Å². The van der Waals surface area contributed by atoms with Crippen molar-refractivity contribution < 1.29 is 4.74 Å². The number of anilines is 1. The molecule has 0 radical (unpaired) electrons. The van der Waals surface area contributed by atoms with Crippen molar-refractivity contribution in [3.05, 3.63) is 18.6 Å². The molecular weight excluding hydrogens is 190 g/mol. The molecule has 0 bridgehead atoms. The van der Waals surface area contributed by atoms with Gasteiger partial charge in [-0.25, -0.2) is 4.98 Å². The first-order valence-electron chi connectivity index (χ1n) is 3.96. The van der Waals surface area contributed by atoms with Gasteiger partial charge in [0.15, 0.2) is 0 Å². The Balaban J connectivity index is 2.27. The molecule has 0 amide bonds. The van der Waals surface area contributed by atoms with E-state index in [2.05, 4.69) is 15.3 Å². The molecule has 0 aliphatic rings. The van der Waals surface area contributed by atoms with E-state index < -0.39 is 0 Å². The maximum absolute atomic E-state index is 5.90. The SMILES string of the molecule is COCC(Cl)CNc1cnccn1. The number of halogens is 1. The van der Waals surface area contributed by atoms with Crippen LogP contribution < -0.4 is 5.32 Å². The Kier molecular flexibility index (Phi) is 4.49. The van der Waals surface area contributed by atoms with Crippen molar-refractivity contribution in [2.24, 2.45) is 0 Å². The molecule has 1 rings (SSSR count). The lowest BCUT2D eigenvalue weighted by Crippen LogP contribution is -2.19. The third-order valence-corrected chi connectivity index (χ3v) is 1.70. The number of alkyl halides is 1. The van der Waals surface area contributed by atoms with Gasteiger partial charge >= 0.3 is 0 Å². The van der Waals surface area contributed by atoms with Crippen LogP contribution in [0.1, 0.15) is 0 Å². The van der Waals surface area contributed by atoms with Crippen LogP contribution in [0.5, 0.6) is 0 Å². The van der Waals surface area contributed by atoms with E-state index in [9.17, 15) is 0 Å². The summed E-state index contributed by atoms with van der Waals surface area (Å²) in [4.78, 5) is 7.95. The smallest absolute Gasteiger partial charge is 0.144 e. The zero-order chi connectivity index (χ0) is 9.52. The fourth-order valence-electron chi connectivity index (χ4n) is 0.845. The van der Waals surface area contributed by atoms with Crippen molar-refractivity contribution in [1.29, 1.82) is 0 Å². The van der Waals surface area contributed by atoms with Gasteiger partial charge in [-0.3, -0.25) is 4.98 Å². The Morgan fingerprint density at radius 1 is 1.62 bits per heavy atom. The highest BCUT2D eigenvalue weighted by Crippen LogP contribution is 2.00. The van der Waals surface area contributed by atoms with Crippen LogP contribution in [0.25, 0.3) is 0 Å². The molecule has 1 unspecified atom stereocenters. The summed E-state index contributed by atoms with van der Waals surface area (Å²) in [6.45, 7) is 1.14. The minimum Gasteiger partial charge on any atom is -0.383 e. The second-order valence-corrected chi connectivity index (χ2v) is 3.14. The lowest BCUT2D eigenvalue weighted by molar-refractivity contribution is 0.200. The maximum atomic E-state index is 5.90. The van der Waals surface area contributed by atoms with Crippen molar-refractivity contribution >= 4 is 17.4 Å². The Morgan fingerprint density at radius 3 is 3.08 bits per heavy atom. The summed E-state index contributed by atoms with van der Waals surface area (Å²) >= 11 is 5.90. The quantitative estimate of drug-likeness (QED) is 0.726. The lowest BCUT2D eigenvalue weighted by atomic mass is 10.4. The molecule has 0 aromatic carbocycles. The standard InChI is InChI=1S/C8H12ClN3O/c1-13-6-7(9)4-12-8-5-10-2-3-11-8/h2-3,5,7H,4,6H2,1H3,(H,11,12). The first-order chi connectivity index (χ1) is 6.33. The number of hydrogen-bond donors (Lipinski definition) is 1. The van der Waals surface area contributed by atoms with Crippen LogP contribution in [0, 0.1) is 0 Å². The molecule has 1 heterocycles. The maximum Gasteiger partial charge on any atom is 0.144 e. The average molecular weight is 202 g/mol. The van der Waals surface area contributed by atoms with Gasteiger partial charge in [-0.15, -0.1) is 11.6 Å². The number of rotatable bonds is 5. The summed E-state index contributed by atoms with van der Waals surface area (Å²) in [5.74, 6) is 0.726. The summed E-state index contributed by atoms with van der Waals surface area (Å²) < 4.78 is 4.88. The lowest BCUT2D eigenvalue weighted by Gasteiger charge is -2.09. The monoisotopic (exact) mass is 201 g/mol. The molecule has 0 fully saturated rings. The van der Waals surface area contributed by atoms with Crippen LogP contribution in [-0.2, 0) is 4.74 Å². The highest BCUT2D eigenvalue weighted by atomic mass is 35.5. The molecule has 0 aliphatic heterocycles. The molecule has 1 N–H and O–H groups in total. The van der Waals surface area contributed by atoms with Crippen molar-refractivity contribution in [2.75, 3.05) is 25.6 Å².